The first-order valence-corrected chi connectivity index (χ1v) is 7.33. The fraction of sp³-hybridized carbons (Fsp3) is 0.800. The summed E-state index contributed by atoms with van der Waals surface area (Å²) in [6.45, 7) is 8.10. The minimum absolute atomic E-state index is 0.522. The molecule has 2 rings (SSSR count). The second-order valence-electron chi connectivity index (χ2n) is 6.35. The van der Waals surface area contributed by atoms with E-state index in [-0.39, 0.29) is 0 Å². The maximum Gasteiger partial charge on any atom is 0.0490 e. The van der Waals surface area contributed by atoms with Crippen LogP contribution in [0.1, 0.15) is 58.6 Å². The molecule has 1 aliphatic rings. The van der Waals surface area contributed by atoms with Crippen LogP contribution in [0.15, 0.2) is 12.3 Å². The lowest BCUT2D eigenvalue weighted by Gasteiger charge is -2.39. The fourth-order valence-corrected chi connectivity index (χ4v) is 3.01. The van der Waals surface area contributed by atoms with Gasteiger partial charge in [-0.1, -0.05) is 27.2 Å². The maximum absolute atomic E-state index is 3.98. The quantitative estimate of drug-likeness (QED) is 0.838. The maximum atomic E-state index is 3.98. The van der Waals surface area contributed by atoms with E-state index in [1.807, 2.05) is 12.3 Å². The zero-order valence-corrected chi connectivity index (χ0v) is 12.0. The van der Waals surface area contributed by atoms with Gasteiger partial charge in [0.15, 0.2) is 0 Å². The van der Waals surface area contributed by atoms with Gasteiger partial charge in [0.05, 0.1) is 0 Å². The first-order valence-electron chi connectivity index (χ1n) is 7.33. The molecule has 1 saturated carbocycles. The Morgan fingerprint density at radius 1 is 1.33 bits per heavy atom. The summed E-state index contributed by atoms with van der Waals surface area (Å²) in [6.07, 6.45) is 8.51. The molecule has 1 aliphatic carbocycles. The molecule has 1 aromatic heterocycles. The topological polar surface area (TPSA) is 40.7 Å². The van der Waals surface area contributed by atoms with Crippen LogP contribution in [0.3, 0.4) is 0 Å². The molecule has 0 radical (unpaired) electrons. The van der Waals surface area contributed by atoms with Gasteiger partial charge in [0.2, 0.25) is 0 Å². The Morgan fingerprint density at radius 3 is 2.61 bits per heavy atom. The fourth-order valence-electron chi connectivity index (χ4n) is 3.01. The lowest BCUT2D eigenvalue weighted by atomic mass is 9.69. The van der Waals surface area contributed by atoms with Gasteiger partial charge in [-0.15, -0.1) is 0 Å². The summed E-state index contributed by atoms with van der Waals surface area (Å²) in [6, 6.07) is 2.73. The van der Waals surface area contributed by atoms with Crippen molar-refractivity contribution < 1.29 is 0 Å². The van der Waals surface area contributed by atoms with Crippen LogP contribution < -0.4 is 5.32 Å². The van der Waals surface area contributed by atoms with Gasteiger partial charge in [-0.2, -0.15) is 5.10 Å². The van der Waals surface area contributed by atoms with Crippen molar-refractivity contribution in [2.75, 3.05) is 0 Å². The van der Waals surface area contributed by atoms with E-state index in [9.17, 15) is 0 Å². The van der Waals surface area contributed by atoms with Crippen LogP contribution >= 0.6 is 0 Å². The molecule has 3 nitrogen and oxygen atoms in total. The SMILES string of the molecule is CCC(C)(C)C1CCC(NCc2ccn[nH]2)CC1. The zero-order valence-electron chi connectivity index (χ0n) is 12.0. The molecule has 1 fully saturated rings. The van der Waals surface area contributed by atoms with Crippen LogP contribution in [-0.4, -0.2) is 16.2 Å². The number of aromatic amines is 1. The van der Waals surface area contributed by atoms with E-state index >= 15 is 0 Å². The van der Waals surface area contributed by atoms with E-state index in [4.69, 9.17) is 0 Å². The van der Waals surface area contributed by atoms with Crippen molar-refractivity contribution >= 4 is 0 Å². The van der Waals surface area contributed by atoms with E-state index in [0.29, 0.717) is 11.5 Å². The van der Waals surface area contributed by atoms with Gasteiger partial charge in [0.1, 0.15) is 0 Å². The third-order valence-electron chi connectivity index (χ3n) is 4.88. The first kappa shape index (κ1) is 13.6. The van der Waals surface area contributed by atoms with Crippen molar-refractivity contribution in [1.29, 1.82) is 0 Å². The molecule has 0 unspecified atom stereocenters. The van der Waals surface area contributed by atoms with Crippen LogP contribution in [0.4, 0.5) is 0 Å². The lowest BCUT2D eigenvalue weighted by molar-refractivity contribution is 0.136. The summed E-state index contributed by atoms with van der Waals surface area (Å²) < 4.78 is 0. The van der Waals surface area contributed by atoms with Crippen molar-refractivity contribution in [3.05, 3.63) is 18.0 Å². The molecule has 3 heteroatoms. The van der Waals surface area contributed by atoms with E-state index < -0.39 is 0 Å². The van der Waals surface area contributed by atoms with E-state index in [2.05, 4.69) is 36.3 Å². The molecule has 0 amide bonds. The van der Waals surface area contributed by atoms with Gasteiger partial charge in [0.25, 0.3) is 0 Å². The highest BCUT2D eigenvalue weighted by Crippen LogP contribution is 2.40. The Kier molecular flexibility index (Phi) is 4.44. The average molecular weight is 249 g/mol. The highest BCUT2D eigenvalue weighted by Gasteiger charge is 2.31. The molecule has 0 atom stereocenters. The molecule has 1 aromatic rings. The summed E-state index contributed by atoms with van der Waals surface area (Å²) in [7, 11) is 0. The molecule has 0 saturated heterocycles. The summed E-state index contributed by atoms with van der Waals surface area (Å²) in [5, 5.41) is 10.6. The third kappa shape index (κ3) is 3.35. The average Bonchev–Trinajstić information content (AvgIpc) is 2.90. The molecule has 0 aromatic carbocycles. The van der Waals surface area contributed by atoms with Crippen LogP contribution in [0.5, 0.6) is 0 Å². The van der Waals surface area contributed by atoms with Crippen molar-refractivity contribution in [1.82, 2.24) is 15.5 Å². The highest BCUT2D eigenvalue weighted by molar-refractivity contribution is 4.97. The molecule has 102 valence electrons. The van der Waals surface area contributed by atoms with Crippen LogP contribution in [0.25, 0.3) is 0 Å². The van der Waals surface area contributed by atoms with Gasteiger partial charge in [-0.25, -0.2) is 0 Å². The molecular weight excluding hydrogens is 222 g/mol. The van der Waals surface area contributed by atoms with Gasteiger partial charge in [-0.3, -0.25) is 5.10 Å². The molecule has 1 heterocycles. The smallest absolute Gasteiger partial charge is 0.0490 e. The number of nitrogens with zero attached hydrogens (tertiary/aromatic N) is 1. The number of H-pyrrole nitrogens is 1. The van der Waals surface area contributed by atoms with Gasteiger partial charge < -0.3 is 5.32 Å². The summed E-state index contributed by atoms with van der Waals surface area (Å²) in [4.78, 5) is 0. The zero-order chi connectivity index (χ0) is 13.0. The lowest BCUT2D eigenvalue weighted by Crippen LogP contribution is -2.36. The first-order chi connectivity index (χ1) is 8.62. The standard InChI is InChI=1S/C15H27N3/c1-4-15(2,3)12-5-7-13(8-6-12)16-11-14-9-10-17-18-14/h9-10,12-13,16H,4-8,11H2,1-3H3,(H,17,18). The molecule has 2 N–H and O–H groups in total. The second-order valence-corrected chi connectivity index (χ2v) is 6.35. The minimum atomic E-state index is 0.522. The number of hydrogen-bond donors (Lipinski definition) is 2. The minimum Gasteiger partial charge on any atom is -0.308 e. The van der Waals surface area contributed by atoms with Crippen molar-refractivity contribution in [2.45, 2.75) is 65.5 Å². The van der Waals surface area contributed by atoms with Gasteiger partial charge >= 0.3 is 0 Å². The van der Waals surface area contributed by atoms with Crippen molar-refractivity contribution in [3.8, 4) is 0 Å². The highest BCUT2D eigenvalue weighted by atomic mass is 15.1. The summed E-state index contributed by atoms with van der Waals surface area (Å²) >= 11 is 0. The largest absolute Gasteiger partial charge is 0.308 e. The Balaban J connectivity index is 1.73. The molecule has 0 bridgehead atoms. The Hall–Kier alpha value is -0.830. The van der Waals surface area contributed by atoms with E-state index in [1.54, 1.807) is 0 Å². The Labute approximate surface area is 111 Å². The third-order valence-corrected chi connectivity index (χ3v) is 4.88. The summed E-state index contributed by atoms with van der Waals surface area (Å²) in [5.74, 6) is 0.910. The van der Waals surface area contributed by atoms with Crippen LogP contribution in [0, 0.1) is 11.3 Å². The van der Waals surface area contributed by atoms with E-state index in [1.165, 1.54) is 37.8 Å². The van der Waals surface area contributed by atoms with Gasteiger partial charge in [0, 0.05) is 24.5 Å². The monoisotopic (exact) mass is 249 g/mol. The molecule has 0 spiro atoms. The number of rotatable bonds is 5. The van der Waals surface area contributed by atoms with Crippen molar-refractivity contribution in [3.63, 3.8) is 0 Å². The number of nitrogens with one attached hydrogen (secondary N) is 2. The van der Waals surface area contributed by atoms with Gasteiger partial charge in [-0.05, 0) is 43.1 Å². The normalized spacial score (nSPS) is 25.3. The number of hydrogen-bond acceptors (Lipinski definition) is 2. The predicted molar refractivity (Wildman–Crippen MR) is 75.2 cm³/mol. The van der Waals surface area contributed by atoms with Crippen LogP contribution in [0.2, 0.25) is 0 Å². The molecule has 18 heavy (non-hydrogen) atoms. The Morgan fingerprint density at radius 2 is 2.06 bits per heavy atom. The second kappa shape index (κ2) is 5.87. The van der Waals surface area contributed by atoms with Crippen LogP contribution in [-0.2, 0) is 6.54 Å². The molecule has 0 aliphatic heterocycles. The predicted octanol–water partition coefficient (Wildman–Crippen LogP) is 3.49. The number of aromatic nitrogens is 2. The van der Waals surface area contributed by atoms with Crippen molar-refractivity contribution in [2.24, 2.45) is 11.3 Å². The molecular formula is C15H27N3. The summed E-state index contributed by atoms with van der Waals surface area (Å²) in [5.41, 5.74) is 1.71. The Bertz CT molecular complexity index is 335. The van der Waals surface area contributed by atoms with E-state index in [0.717, 1.165) is 12.5 Å².